The predicted octanol–water partition coefficient (Wildman–Crippen LogP) is 0.735. The van der Waals surface area contributed by atoms with Gasteiger partial charge in [-0.25, -0.2) is 0 Å². The fraction of sp³-hybridized carbons (Fsp3) is 1.00. The predicted molar refractivity (Wildman–Crippen MR) is 50.0 cm³/mol. The lowest BCUT2D eigenvalue weighted by Gasteiger charge is -2.31. The highest BCUT2D eigenvalue weighted by Crippen LogP contribution is 2.11. The van der Waals surface area contributed by atoms with Crippen LogP contribution in [0.2, 0.25) is 19.6 Å². The van der Waals surface area contributed by atoms with E-state index in [0.717, 1.165) is 0 Å². The summed E-state index contributed by atoms with van der Waals surface area (Å²) in [6.45, 7) is 5.66. The van der Waals surface area contributed by atoms with Gasteiger partial charge < -0.3 is 13.0 Å². The summed E-state index contributed by atoms with van der Waals surface area (Å²) in [6, 6.07) is 0. The van der Waals surface area contributed by atoms with Crippen LogP contribution in [0.5, 0.6) is 0 Å². The average molecular weight is 190 g/mol. The molecule has 6 heteroatoms. The molecule has 1 unspecified atom stereocenters. The Morgan fingerprint density at radius 1 is 1.00 bits per heavy atom. The quantitative estimate of drug-likeness (QED) is 0.612. The fourth-order valence-electron chi connectivity index (χ4n) is 0.571. The molecule has 0 saturated carbocycles. The topological polar surface area (TPSA) is 27.7 Å². The Hall–Kier alpha value is 0.379. The second kappa shape index (κ2) is 3.86. The van der Waals surface area contributed by atoms with Crippen molar-refractivity contribution >= 4 is 24.4 Å². The van der Waals surface area contributed by atoms with Crippen molar-refractivity contribution in [1.82, 2.24) is 0 Å². The first kappa shape index (κ1) is 11.4. The van der Waals surface area contributed by atoms with Crippen molar-refractivity contribution in [3.63, 3.8) is 0 Å². The minimum absolute atomic E-state index is 1.56. The highest BCUT2D eigenvalue weighted by Gasteiger charge is 2.33. The maximum absolute atomic E-state index is 5.73. The lowest BCUT2D eigenvalue weighted by molar-refractivity contribution is 0.261. The molecule has 0 saturated heterocycles. The third-order valence-corrected chi connectivity index (χ3v) is 6.73. The van der Waals surface area contributed by atoms with Crippen molar-refractivity contribution in [3.05, 3.63) is 0 Å². The van der Waals surface area contributed by atoms with E-state index in [4.69, 9.17) is 20.4 Å². The summed E-state index contributed by atoms with van der Waals surface area (Å²) in [5, 5.41) is 0. The summed E-state index contributed by atoms with van der Waals surface area (Å²) in [5.41, 5.74) is 0. The molecule has 0 aromatic rings. The van der Waals surface area contributed by atoms with E-state index in [-0.39, 0.29) is 0 Å². The van der Waals surface area contributed by atoms with Crippen molar-refractivity contribution in [1.29, 1.82) is 0 Å². The summed E-state index contributed by atoms with van der Waals surface area (Å²) < 4.78 is 15.7. The van der Waals surface area contributed by atoms with E-state index in [9.17, 15) is 0 Å². The molecule has 1 atom stereocenters. The number of rotatable bonds is 4. The smallest absolute Gasteiger partial charge is 0.322 e. The molecule has 0 heterocycles. The van der Waals surface area contributed by atoms with Crippen LogP contribution in [0.25, 0.3) is 0 Å². The van der Waals surface area contributed by atoms with Gasteiger partial charge in [-0.05, 0) is 19.6 Å². The summed E-state index contributed by atoms with van der Waals surface area (Å²) in [6.07, 6.45) is 0. The van der Waals surface area contributed by atoms with Crippen LogP contribution in [0, 0.1) is 0 Å². The molecular formula is C5H15BO3Si2. The molecule has 0 amide bonds. The van der Waals surface area contributed by atoms with Gasteiger partial charge in [-0.1, -0.05) is 0 Å². The first-order valence-corrected chi connectivity index (χ1v) is 8.63. The lowest BCUT2D eigenvalue weighted by Crippen LogP contribution is -2.50. The minimum Gasteiger partial charge on any atom is -0.421 e. The van der Waals surface area contributed by atoms with E-state index >= 15 is 0 Å². The Labute approximate surface area is 71.9 Å². The van der Waals surface area contributed by atoms with Gasteiger partial charge in [0.05, 0.1) is 0 Å². The molecule has 0 aromatic carbocycles. The molecule has 0 aliphatic heterocycles. The fourth-order valence-corrected chi connectivity index (χ4v) is 5.14. The molecule has 0 fully saturated rings. The monoisotopic (exact) mass is 190 g/mol. The molecule has 11 heavy (non-hydrogen) atoms. The van der Waals surface area contributed by atoms with Gasteiger partial charge in [0.1, 0.15) is 7.44 Å². The van der Waals surface area contributed by atoms with Crippen LogP contribution in [-0.2, 0) is 13.0 Å². The zero-order chi connectivity index (χ0) is 9.12. The zero-order valence-electron chi connectivity index (χ0n) is 7.80. The number of hydrogen-bond acceptors (Lipinski definition) is 3. The highest BCUT2D eigenvalue weighted by molar-refractivity contribution is 7.11. The first-order valence-electron chi connectivity index (χ1n) is 3.42. The van der Waals surface area contributed by atoms with Gasteiger partial charge in [0.2, 0.25) is 0 Å². The van der Waals surface area contributed by atoms with E-state index in [1.165, 1.54) is 0 Å². The van der Waals surface area contributed by atoms with Crippen molar-refractivity contribution < 1.29 is 13.0 Å². The van der Waals surface area contributed by atoms with Crippen LogP contribution in [0.4, 0.5) is 0 Å². The van der Waals surface area contributed by atoms with Crippen LogP contribution < -0.4 is 0 Å². The van der Waals surface area contributed by atoms with Crippen LogP contribution >= 0.6 is 0 Å². The molecular weight excluding hydrogens is 175 g/mol. The maximum atomic E-state index is 5.73. The second-order valence-electron chi connectivity index (χ2n) is 2.93. The molecule has 0 aromatic heterocycles. The van der Waals surface area contributed by atoms with E-state index in [2.05, 4.69) is 0 Å². The van der Waals surface area contributed by atoms with Gasteiger partial charge in [-0.2, -0.15) is 0 Å². The lowest BCUT2D eigenvalue weighted by atomic mass is 10.8. The van der Waals surface area contributed by atoms with Crippen molar-refractivity contribution in [3.8, 4) is 0 Å². The molecule has 2 radical (unpaired) electrons. The summed E-state index contributed by atoms with van der Waals surface area (Å²) >= 11 is 0. The Morgan fingerprint density at radius 3 is 1.73 bits per heavy atom. The Bertz CT molecular complexity index is 115. The largest absolute Gasteiger partial charge is 0.421 e. The Balaban J connectivity index is 4.02. The summed E-state index contributed by atoms with van der Waals surface area (Å²) in [5.74, 6) is 0. The van der Waals surface area contributed by atoms with Crippen molar-refractivity contribution in [2.24, 2.45) is 0 Å². The van der Waals surface area contributed by atoms with E-state index in [0.29, 0.717) is 0 Å². The molecule has 64 valence electrons. The van der Waals surface area contributed by atoms with Gasteiger partial charge in [0.25, 0.3) is 8.43 Å². The third kappa shape index (κ3) is 4.75. The van der Waals surface area contributed by atoms with Crippen LogP contribution in [0.15, 0.2) is 0 Å². The van der Waals surface area contributed by atoms with Crippen molar-refractivity contribution in [2.45, 2.75) is 19.6 Å². The Morgan fingerprint density at radius 2 is 1.45 bits per heavy atom. The second-order valence-corrected chi connectivity index (χ2v) is 9.39. The van der Waals surface area contributed by atoms with Gasteiger partial charge >= 0.3 is 8.56 Å². The van der Waals surface area contributed by atoms with Gasteiger partial charge in [-0.15, -0.1) is 0 Å². The zero-order valence-corrected chi connectivity index (χ0v) is 9.80. The molecule has 0 spiro atoms. The van der Waals surface area contributed by atoms with Gasteiger partial charge in [-0.3, -0.25) is 0 Å². The first-order chi connectivity index (χ1) is 4.83. The Kier molecular flexibility index (Phi) is 3.99. The van der Waals surface area contributed by atoms with E-state index < -0.39 is 17.0 Å². The maximum Gasteiger partial charge on any atom is 0.322 e. The standard InChI is InChI=1S/C5H15BO3Si2/c1-7-10(3,4)9-11(5,6)8-2/h1-5H3. The summed E-state index contributed by atoms with van der Waals surface area (Å²) in [7, 11) is 4.50. The third-order valence-electron chi connectivity index (χ3n) is 1.35. The van der Waals surface area contributed by atoms with Crippen LogP contribution in [0.3, 0.4) is 0 Å². The summed E-state index contributed by atoms with van der Waals surface area (Å²) in [4.78, 5) is 0. The van der Waals surface area contributed by atoms with E-state index in [1.807, 2.05) is 13.1 Å². The molecule has 0 aliphatic rings. The number of hydrogen-bond donors (Lipinski definition) is 0. The van der Waals surface area contributed by atoms with Crippen LogP contribution in [-0.4, -0.2) is 38.7 Å². The molecule has 3 nitrogen and oxygen atoms in total. The minimum atomic E-state index is -2.40. The molecule has 0 aliphatic carbocycles. The van der Waals surface area contributed by atoms with Crippen molar-refractivity contribution in [2.75, 3.05) is 14.2 Å². The normalized spacial score (nSPS) is 17.9. The van der Waals surface area contributed by atoms with E-state index in [1.54, 1.807) is 20.8 Å². The highest BCUT2D eigenvalue weighted by atomic mass is 28.4. The average Bonchev–Trinajstić information content (AvgIpc) is 1.86. The SMILES string of the molecule is [B][Si](C)(OC)O[Si](C)(C)OC. The van der Waals surface area contributed by atoms with Gasteiger partial charge in [0.15, 0.2) is 0 Å². The van der Waals surface area contributed by atoms with Crippen LogP contribution in [0.1, 0.15) is 0 Å². The molecule has 0 rings (SSSR count). The molecule has 0 N–H and O–H groups in total. The molecule has 0 bridgehead atoms. The van der Waals surface area contributed by atoms with Gasteiger partial charge in [0, 0.05) is 14.2 Å².